The summed E-state index contributed by atoms with van der Waals surface area (Å²) < 4.78 is 29.7. The molecule has 0 radical (unpaired) electrons. The van der Waals surface area contributed by atoms with Gasteiger partial charge in [0.05, 0.1) is 40.6 Å². The van der Waals surface area contributed by atoms with E-state index in [0.717, 1.165) is 4.31 Å². The predicted molar refractivity (Wildman–Crippen MR) is 150 cm³/mol. The molecular formula is C25H26ClN7O4S. The lowest BCUT2D eigenvalue weighted by molar-refractivity contribution is -0.117. The largest absolute Gasteiger partial charge is 0.497 e. The average Bonchev–Trinajstić information content (AvgIpc) is 2.90. The zero-order valence-electron chi connectivity index (χ0n) is 20.5. The predicted octanol–water partition coefficient (Wildman–Crippen LogP) is 4.05. The van der Waals surface area contributed by atoms with Crippen LogP contribution in [-0.2, 0) is 22.6 Å². The lowest BCUT2D eigenvalue weighted by atomic mass is 10.1. The van der Waals surface area contributed by atoms with E-state index in [9.17, 15) is 13.6 Å². The second-order valence-corrected chi connectivity index (χ2v) is 9.44. The summed E-state index contributed by atoms with van der Waals surface area (Å²) in [4.78, 5) is 21.5. The van der Waals surface area contributed by atoms with Crippen molar-refractivity contribution in [1.82, 2.24) is 9.97 Å². The number of ether oxygens (including phenoxy) is 1. The molecule has 1 aromatic heterocycles. The number of carbonyl (C=O) groups excluding carboxylic acids is 1. The highest BCUT2D eigenvalue weighted by Gasteiger charge is 2.26. The first-order valence-electron chi connectivity index (χ1n) is 11.4. The molecule has 0 aliphatic carbocycles. The van der Waals surface area contributed by atoms with Gasteiger partial charge in [-0.05, 0) is 48.9 Å². The first-order valence-corrected chi connectivity index (χ1v) is 12.8. The van der Waals surface area contributed by atoms with E-state index in [4.69, 9.17) is 27.8 Å². The number of methoxy groups -OCH3 is 1. The number of para-hydroxylation sites is 2. The van der Waals surface area contributed by atoms with Gasteiger partial charge < -0.3 is 26.8 Å². The molecule has 4 aromatic rings. The Morgan fingerprint density at radius 2 is 1.87 bits per heavy atom. The molecular weight excluding hydrogens is 530 g/mol. The topological polar surface area (TPSA) is 169 Å². The summed E-state index contributed by atoms with van der Waals surface area (Å²) in [6, 6.07) is 16.1. The van der Waals surface area contributed by atoms with Crippen LogP contribution in [-0.4, -0.2) is 37.8 Å². The van der Waals surface area contributed by atoms with Gasteiger partial charge in [-0.1, -0.05) is 29.8 Å². The zero-order chi connectivity index (χ0) is 27.4. The number of nitrogens with two attached hydrogens (primary N) is 2. The Hall–Kier alpha value is -3.81. The van der Waals surface area contributed by atoms with E-state index in [1.807, 2.05) is 0 Å². The van der Waals surface area contributed by atoms with Crippen LogP contribution in [0.4, 0.5) is 28.7 Å². The number of aromatic nitrogens is 2. The second-order valence-electron chi connectivity index (χ2n) is 8.21. The van der Waals surface area contributed by atoms with Gasteiger partial charge >= 0.3 is 0 Å². The fourth-order valence-corrected chi connectivity index (χ4v) is 4.38. The molecule has 1 unspecified atom stereocenters. The van der Waals surface area contributed by atoms with Crippen LogP contribution in [0.3, 0.4) is 0 Å². The van der Waals surface area contributed by atoms with Crippen LogP contribution in [0.1, 0.15) is 12.5 Å². The smallest absolute Gasteiger partial charge is 0.268 e. The number of anilines is 5. The molecule has 0 fully saturated rings. The molecule has 38 heavy (non-hydrogen) atoms. The van der Waals surface area contributed by atoms with Crippen LogP contribution < -0.4 is 31.1 Å². The minimum Gasteiger partial charge on any atom is -0.497 e. The molecule has 1 heterocycles. The van der Waals surface area contributed by atoms with E-state index in [0.29, 0.717) is 38.7 Å². The first kappa shape index (κ1) is 27.2. The van der Waals surface area contributed by atoms with Crippen molar-refractivity contribution in [3.63, 3.8) is 0 Å². The normalized spacial score (nSPS) is 12.6. The van der Waals surface area contributed by atoms with E-state index in [-0.39, 0.29) is 23.9 Å². The highest BCUT2D eigenvalue weighted by atomic mass is 35.5. The summed E-state index contributed by atoms with van der Waals surface area (Å²) >= 11 is 3.79. The number of fused-ring (bicyclic) bond motifs is 1. The third-order valence-corrected chi connectivity index (χ3v) is 6.54. The summed E-state index contributed by atoms with van der Waals surface area (Å²) in [7, 11) is 1.52. The first-order chi connectivity index (χ1) is 18.2. The summed E-state index contributed by atoms with van der Waals surface area (Å²) in [5.41, 5.74) is 14.2. The van der Waals surface area contributed by atoms with Crippen LogP contribution in [0.5, 0.6) is 5.75 Å². The van der Waals surface area contributed by atoms with Crippen molar-refractivity contribution in [1.29, 1.82) is 0 Å². The van der Waals surface area contributed by atoms with Gasteiger partial charge in [-0.2, -0.15) is 0 Å². The third-order valence-electron chi connectivity index (χ3n) is 5.53. The number of rotatable bonds is 9. The Kier molecular flexibility index (Phi) is 8.39. The van der Waals surface area contributed by atoms with Gasteiger partial charge in [0, 0.05) is 18.3 Å². The molecule has 0 aliphatic rings. The van der Waals surface area contributed by atoms with E-state index in [1.54, 1.807) is 61.5 Å². The van der Waals surface area contributed by atoms with E-state index in [2.05, 4.69) is 20.6 Å². The van der Waals surface area contributed by atoms with Crippen molar-refractivity contribution < 1.29 is 18.3 Å². The maximum absolute atomic E-state index is 12.9. The maximum atomic E-state index is 12.9. The van der Waals surface area contributed by atoms with Crippen LogP contribution in [0.25, 0.3) is 11.0 Å². The number of carbonyl (C=O) groups is 1. The lowest BCUT2D eigenvalue weighted by Gasteiger charge is -2.25. The van der Waals surface area contributed by atoms with Crippen LogP contribution in [0.15, 0.2) is 60.7 Å². The van der Waals surface area contributed by atoms with Crippen LogP contribution in [0, 0.1) is 0 Å². The van der Waals surface area contributed by atoms with Crippen molar-refractivity contribution in [2.24, 2.45) is 11.5 Å². The average molecular weight is 556 g/mol. The van der Waals surface area contributed by atoms with Crippen molar-refractivity contribution in [2.75, 3.05) is 22.0 Å². The molecule has 4 rings (SSSR count). The highest BCUT2D eigenvalue weighted by Crippen LogP contribution is 2.38. The molecule has 0 bridgehead atoms. The van der Waals surface area contributed by atoms with Crippen molar-refractivity contribution in [2.45, 2.75) is 19.5 Å². The van der Waals surface area contributed by atoms with Gasteiger partial charge in [-0.15, -0.1) is 0 Å². The van der Waals surface area contributed by atoms with E-state index < -0.39 is 23.2 Å². The summed E-state index contributed by atoms with van der Waals surface area (Å²) in [6.45, 7) is 1.59. The number of nitrogens with zero attached hydrogens (tertiary/aromatic N) is 3. The fourth-order valence-electron chi connectivity index (χ4n) is 3.60. The number of hydrogen-bond donors (Lipinski definition) is 5. The summed E-state index contributed by atoms with van der Waals surface area (Å²) in [5.74, 6) is 0.287. The molecule has 11 nitrogen and oxygen atoms in total. The Bertz CT molecular complexity index is 1520. The second kappa shape index (κ2) is 11.7. The van der Waals surface area contributed by atoms with E-state index in [1.165, 1.54) is 13.2 Å². The van der Waals surface area contributed by atoms with Gasteiger partial charge in [0.25, 0.3) is 11.3 Å². The van der Waals surface area contributed by atoms with Crippen molar-refractivity contribution in [3.8, 4) is 5.75 Å². The van der Waals surface area contributed by atoms with Crippen LogP contribution in [0.2, 0.25) is 5.02 Å². The van der Waals surface area contributed by atoms with Crippen LogP contribution >= 0.6 is 11.6 Å². The minimum atomic E-state index is -2.63. The number of halogens is 1. The monoisotopic (exact) mass is 555 g/mol. The molecule has 7 N–H and O–H groups in total. The number of amides is 1. The standard InChI is InChI=1S/C25H26ClN7O4S/c1-14(28)25(34)29-16-8-7-15(13-27)22(11-16)33(38(35)36)24-23(30-19-5-3-4-6-20(19)32-24)31-21-12-17(37-2)9-10-18(21)26/h3-12,14H,13,27-28H2,1-2H3,(H,29,34)(H,30,31)(H,35,36)/t14-/m0/s1. The quantitative estimate of drug-likeness (QED) is 0.191. The summed E-state index contributed by atoms with van der Waals surface area (Å²) in [5, 5.41) is 6.18. The molecule has 0 saturated carbocycles. The molecule has 1 amide bonds. The zero-order valence-corrected chi connectivity index (χ0v) is 22.1. The molecule has 3 aromatic carbocycles. The molecule has 13 heteroatoms. The van der Waals surface area contributed by atoms with Gasteiger partial charge in [-0.3, -0.25) is 9.35 Å². The third kappa shape index (κ3) is 5.85. The van der Waals surface area contributed by atoms with E-state index >= 15 is 0 Å². The molecule has 198 valence electrons. The molecule has 0 saturated heterocycles. The van der Waals surface area contributed by atoms with Gasteiger partial charge in [0.1, 0.15) is 5.75 Å². The Balaban J connectivity index is 1.91. The Morgan fingerprint density at radius 3 is 2.50 bits per heavy atom. The van der Waals surface area contributed by atoms with Crippen molar-refractivity contribution in [3.05, 3.63) is 71.2 Å². The van der Waals surface area contributed by atoms with Gasteiger partial charge in [0.2, 0.25) is 5.91 Å². The fraction of sp³-hybridized carbons (Fsp3) is 0.160. The molecule has 0 aliphatic heterocycles. The maximum Gasteiger partial charge on any atom is 0.268 e. The van der Waals surface area contributed by atoms with Gasteiger partial charge in [-0.25, -0.2) is 18.5 Å². The minimum absolute atomic E-state index is 0.0220. The van der Waals surface area contributed by atoms with Gasteiger partial charge in [0.15, 0.2) is 11.6 Å². The summed E-state index contributed by atoms with van der Waals surface area (Å²) in [6.07, 6.45) is 0. The Labute approximate surface area is 226 Å². The number of nitrogens with one attached hydrogen (secondary N) is 2. The Morgan fingerprint density at radius 1 is 1.16 bits per heavy atom. The lowest BCUT2D eigenvalue weighted by Crippen LogP contribution is -2.32. The number of benzene rings is 3. The molecule has 0 spiro atoms. The number of hydrogen-bond acceptors (Lipinski definition) is 8. The molecule has 2 atom stereocenters. The van der Waals surface area contributed by atoms with Crippen molar-refractivity contribution >= 4 is 68.5 Å². The SMILES string of the molecule is COc1ccc(Cl)c(Nc2nc3ccccc3nc2N(c2cc(NC(=O)[C@H](C)N)ccc2CN)S(=O)O)c1. The highest BCUT2D eigenvalue weighted by molar-refractivity contribution is 7.81.